The molecule has 0 saturated carbocycles. The molecule has 0 aliphatic rings. The van der Waals surface area contributed by atoms with Gasteiger partial charge in [0.15, 0.2) is 0 Å². The maximum absolute atomic E-state index is 6.22. The Morgan fingerprint density at radius 3 is 2.04 bits per heavy atom. The van der Waals surface area contributed by atoms with Gasteiger partial charge in [-0.25, -0.2) is 0 Å². The Labute approximate surface area is 156 Å². The van der Waals surface area contributed by atoms with E-state index in [0.29, 0.717) is 19.1 Å². The highest BCUT2D eigenvalue weighted by Crippen LogP contribution is 2.43. The molecule has 134 valence electrons. The summed E-state index contributed by atoms with van der Waals surface area (Å²) >= 11 is 0. The lowest BCUT2D eigenvalue weighted by Gasteiger charge is -2.21. The molecule has 0 aliphatic carbocycles. The molecular formula is C24H26O2. The minimum atomic E-state index is 0.377. The molecule has 0 fully saturated rings. The summed E-state index contributed by atoms with van der Waals surface area (Å²) in [6, 6.07) is 24.8. The van der Waals surface area contributed by atoms with Crippen LogP contribution in [0.25, 0.3) is 11.1 Å². The number of rotatable bonds is 7. The van der Waals surface area contributed by atoms with Gasteiger partial charge in [-0.15, -0.1) is 0 Å². The molecule has 2 heteroatoms. The third-order valence-electron chi connectivity index (χ3n) is 4.36. The second kappa shape index (κ2) is 8.57. The van der Waals surface area contributed by atoms with E-state index in [0.717, 1.165) is 28.2 Å². The summed E-state index contributed by atoms with van der Waals surface area (Å²) in [4.78, 5) is 0. The minimum absolute atomic E-state index is 0.377. The van der Waals surface area contributed by atoms with Gasteiger partial charge in [-0.1, -0.05) is 80.6 Å². The van der Waals surface area contributed by atoms with Crippen molar-refractivity contribution in [3.8, 4) is 22.6 Å². The van der Waals surface area contributed by atoms with Gasteiger partial charge in [0.1, 0.15) is 18.1 Å². The van der Waals surface area contributed by atoms with Crippen LogP contribution < -0.4 is 9.47 Å². The zero-order chi connectivity index (χ0) is 18.4. The average molecular weight is 346 g/mol. The maximum Gasteiger partial charge on any atom is 0.134 e. The summed E-state index contributed by atoms with van der Waals surface area (Å²) in [6.45, 7) is 7.57. The van der Waals surface area contributed by atoms with Gasteiger partial charge >= 0.3 is 0 Å². The average Bonchev–Trinajstić information content (AvgIpc) is 2.68. The van der Waals surface area contributed by atoms with Crippen molar-refractivity contribution in [1.29, 1.82) is 0 Å². The topological polar surface area (TPSA) is 18.5 Å². The van der Waals surface area contributed by atoms with Crippen LogP contribution in [-0.2, 0) is 6.61 Å². The molecule has 0 saturated heterocycles. The molecule has 0 atom stereocenters. The van der Waals surface area contributed by atoms with Crippen molar-refractivity contribution in [3.63, 3.8) is 0 Å². The molecule has 0 spiro atoms. The van der Waals surface area contributed by atoms with Crippen LogP contribution in [0, 0.1) is 0 Å². The van der Waals surface area contributed by atoms with Gasteiger partial charge in [-0.2, -0.15) is 0 Å². The monoisotopic (exact) mass is 346 g/mol. The summed E-state index contributed by atoms with van der Waals surface area (Å²) in [7, 11) is 0. The predicted molar refractivity (Wildman–Crippen MR) is 108 cm³/mol. The van der Waals surface area contributed by atoms with Gasteiger partial charge in [0.25, 0.3) is 0 Å². The summed E-state index contributed by atoms with van der Waals surface area (Å²) in [5.74, 6) is 2.16. The van der Waals surface area contributed by atoms with E-state index in [2.05, 4.69) is 50.2 Å². The van der Waals surface area contributed by atoms with E-state index >= 15 is 0 Å². The smallest absolute Gasteiger partial charge is 0.134 e. The van der Waals surface area contributed by atoms with Gasteiger partial charge < -0.3 is 9.47 Å². The predicted octanol–water partition coefficient (Wildman–Crippen LogP) is 6.45. The highest BCUT2D eigenvalue weighted by Gasteiger charge is 2.19. The van der Waals surface area contributed by atoms with E-state index in [-0.39, 0.29) is 0 Å². The molecule has 0 radical (unpaired) electrons. The van der Waals surface area contributed by atoms with Crippen LogP contribution in [0.15, 0.2) is 72.8 Å². The first kappa shape index (κ1) is 18.1. The molecule has 0 N–H and O–H groups in total. The number of benzene rings is 3. The molecular weight excluding hydrogens is 320 g/mol. The first-order valence-corrected chi connectivity index (χ1v) is 9.22. The van der Waals surface area contributed by atoms with Gasteiger partial charge in [-0.3, -0.25) is 0 Å². The van der Waals surface area contributed by atoms with Gasteiger partial charge in [0, 0.05) is 0 Å². The van der Waals surface area contributed by atoms with E-state index in [1.165, 1.54) is 5.56 Å². The van der Waals surface area contributed by atoms with Crippen LogP contribution in [0.3, 0.4) is 0 Å². The first-order valence-electron chi connectivity index (χ1n) is 9.22. The summed E-state index contributed by atoms with van der Waals surface area (Å²) in [5.41, 5.74) is 4.51. The fourth-order valence-electron chi connectivity index (χ4n) is 3.07. The van der Waals surface area contributed by atoms with Crippen molar-refractivity contribution in [2.75, 3.05) is 6.61 Å². The summed E-state index contributed by atoms with van der Waals surface area (Å²) in [5, 5.41) is 0. The molecule has 0 amide bonds. The zero-order valence-corrected chi connectivity index (χ0v) is 15.7. The SMILES string of the molecule is CCOc1c(C(C)C)ccc(OCc2ccccc2)c1-c1ccccc1. The van der Waals surface area contributed by atoms with Crippen molar-refractivity contribution >= 4 is 0 Å². The van der Waals surface area contributed by atoms with Crippen LogP contribution in [-0.4, -0.2) is 6.61 Å². The third-order valence-corrected chi connectivity index (χ3v) is 4.36. The van der Waals surface area contributed by atoms with Crippen LogP contribution in [0.2, 0.25) is 0 Å². The highest BCUT2D eigenvalue weighted by molar-refractivity contribution is 5.78. The van der Waals surface area contributed by atoms with Crippen molar-refractivity contribution in [1.82, 2.24) is 0 Å². The quantitative estimate of drug-likeness (QED) is 0.489. The third kappa shape index (κ3) is 4.08. The molecule has 0 aliphatic heterocycles. The standard InChI is InChI=1S/C24H26O2/c1-4-25-24-21(18(2)3)15-16-22(23(24)20-13-9-6-10-14-20)26-17-19-11-7-5-8-12-19/h5-16,18H,4,17H2,1-3H3. The molecule has 2 nitrogen and oxygen atoms in total. The summed E-state index contributed by atoms with van der Waals surface area (Å²) in [6.07, 6.45) is 0. The number of hydrogen-bond donors (Lipinski definition) is 0. The lowest BCUT2D eigenvalue weighted by molar-refractivity contribution is 0.300. The Morgan fingerprint density at radius 1 is 0.769 bits per heavy atom. The van der Waals surface area contributed by atoms with Crippen LogP contribution in [0.5, 0.6) is 11.5 Å². The molecule has 0 heterocycles. The zero-order valence-electron chi connectivity index (χ0n) is 15.7. The number of ether oxygens (including phenoxy) is 2. The lowest BCUT2D eigenvalue weighted by atomic mass is 9.94. The number of hydrogen-bond acceptors (Lipinski definition) is 2. The Balaban J connectivity index is 2.06. The van der Waals surface area contributed by atoms with E-state index in [4.69, 9.17) is 9.47 Å². The second-order valence-electron chi connectivity index (χ2n) is 6.59. The van der Waals surface area contributed by atoms with Gasteiger partial charge in [0.2, 0.25) is 0 Å². The molecule has 0 unspecified atom stereocenters. The Kier molecular flexibility index (Phi) is 5.96. The van der Waals surface area contributed by atoms with Crippen LogP contribution in [0.1, 0.15) is 37.8 Å². The largest absolute Gasteiger partial charge is 0.493 e. The molecule has 26 heavy (non-hydrogen) atoms. The van der Waals surface area contributed by atoms with E-state index in [9.17, 15) is 0 Å². The first-order chi connectivity index (χ1) is 12.7. The van der Waals surface area contributed by atoms with Crippen molar-refractivity contribution in [3.05, 3.63) is 83.9 Å². The summed E-state index contributed by atoms with van der Waals surface area (Å²) < 4.78 is 12.3. The fraction of sp³-hybridized carbons (Fsp3) is 0.250. The van der Waals surface area contributed by atoms with Crippen LogP contribution in [0.4, 0.5) is 0 Å². The molecule has 0 aromatic heterocycles. The minimum Gasteiger partial charge on any atom is -0.493 e. The van der Waals surface area contributed by atoms with Crippen LogP contribution >= 0.6 is 0 Å². The lowest BCUT2D eigenvalue weighted by Crippen LogP contribution is -2.04. The molecule has 0 bridgehead atoms. The van der Waals surface area contributed by atoms with E-state index < -0.39 is 0 Å². The molecule has 3 rings (SSSR count). The van der Waals surface area contributed by atoms with Crippen molar-refractivity contribution in [2.24, 2.45) is 0 Å². The second-order valence-corrected chi connectivity index (χ2v) is 6.59. The maximum atomic E-state index is 6.22. The van der Waals surface area contributed by atoms with E-state index in [1.54, 1.807) is 0 Å². The fourth-order valence-corrected chi connectivity index (χ4v) is 3.07. The van der Waals surface area contributed by atoms with E-state index in [1.807, 2.05) is 43.3 Å². The van der Waals surface area contributed by atoms with Gasteiger partial charge in [-0.05, 0) is 35.6 Å². The van der Waals surface area contributed by atoms with Crippen molar-refractivity contribution in [2.45, 2.75) is 33.3 Å². The normalized spacial score (nSPS) is 10.8. The van der Waals surface area contributed by atoms with Crippen molar-refractivity contribution < 1.29 is 9.47 Å². The molecule has 3 aromatic rings. The highest BCUT2D eigenvalue weighted by atomic mass is 16.5. The molecule has 3 aromatic carbocycles. The Hall–Kier alpha value is -2.74. The Bertz CT molecular complexity index is 824. The van der Waals surface area contributed by atoms with Gasteiger partial charge in [0.05, 0.1) is 12.2 Å². The Morgan fingerprint density at radius 2 is 1.42 bits per heavy atom.